The van der Waals surface area contributed by atoms with Crippen molar-refractivity contribution in [1.82, 2.24) is 15.5 Å². The second-order valence-corrected chi connectivity index (χ2v) is 7.30. The Kier molecular flexibility index (Phi) is 5.24. The van der Waals surface area contributed by atoms with E-state index in [1.807, 2.05) is 4.90 Å². The number of carbonyl (C=O) groups is 1. The van der Waals surface area contributed by atoms with Gasteiger partial charge in [0.05, 0.1) is 11.7 Å². The Labute approximate surface area is 141 Å². The lowest BCUT2D eigenvalue weighted by Crippen LogP contribution is -2.57. The van der Waals surface area contributed by atoms with Crippen LogP contribution < -0.4 is 10.6 Å². The van der Waals surface area contributed by atoms with Gasteiger partial charge in [0.2, 0.25) is 5.91 Å². The van der Waals surface area contributed by atoms with Crippen molar-refractivity contribution < 1.29 is 9.18 Å². The fraction of sp³-hybridized carbons (Fsp3) is 0.588. The number of thioether (sulfide) groups is 1. The van der Waals surface area contributed by atoms with E-state index in [0.29, 0.717) is 6.54 Å². The van der Waals surface area contributed by atoms with E-state index in [2.05, 4.69) is 16.9 Å². The van der Waals surface area contributed by atoms with E-state index >= 15 is 0 Å². The highest BCUT2D eigenvalue weighted by Crippen LogP contribution is 2.33. The smallest absolute Gasteiger partial charge is 0.241 e. The van der Waals surface area contributed by atoms with Gasteiger partial charge in [-0.1, -0.05) is 12.1 Å². The fourth-order valence-electron chi connectivity index (χ4n) is 3.55. The number of piperidine rings is 1. The number of hydrogen-bond donors (Lipinski definition) is 2. The third kappa shape index (κ3) is 3.54. The maximum Gasteiger partial charge on any atom is 0.241 e. The van der Waals surface area contributed by atoms with Crippen LogP contribution in [0.5, 0.6) is 0 Å². The molecule has 2 aliphatic heterocycles. The maximum atomic E-state index is 13.1. The molecule has 1 aromatic rings. The predicted octanol–water partition coefficient (Wildman–Crippen LogP) is 1.96. The highest BCUT2D eigenvalue weighted by molar-refractivity contribution is 7.98. The Bertz CT molecular complexity index is 545. The first-order chi connectivity index (χ1) is 11.1. The molecule has 2 aliphatic rings. The minimum Gasteiger partial charge on any atom is -0.319 e. The summed E-state index contributed by atoms with van der Waals surface area (Å²) >= 11 is 1.77. The predicted molar refractivity (Wildman–Crippen MR) is 91.7 cm³/mol. The van der Waals surface area contributed by atoms with Gasteiger partial charge in [-0.05, 0) is 62.1 Å². The summed E-state index contributed by atoms with van der Waals surface area (Å²) in [6, 6.07) is 6.37. The van der Waals surface area contributed by atoms with Gasteiger partial charge >= 0.3 is 0 Å². The molecule has 1 atom stereocenters. The molecule has 0 bridgehead atoms. The summed E-state index contributed by atoms with van der Waals surface area (Å²) in [5.41, 5.74) is 0.727. The van der Waals surface area contributed by atoms with Crippen LogP contribution in [0.3, 0.4) is 0 Å². The Hall–Kier alpha value is -1.11. The number of nitrogens with one attached hydrogen (secondary N) is 2. The molecular formula is C17H24FN3OS. The summed E-state index contributed by atoms with van der Waals surface area (Å²) in [5.74, 6) is 0.918. The van der Waals surface area contributed by atoms with E-state index in [9.17, 15) is 9.18 Å². The zero-order valence-corrected chi connectivity index (χ0v) is 14.3. The van der Waals surface area contributed by atoms with Crippen molar-refractivity contribution in [3.63, 3.8) is 0 Å². The van der Waals surface area contributed by atoms with Gasteiger partial charge in [0.25, 0.3) is 0 Å². The highest BCUT2D eigenvalue weighted by Gasteiger charge is 2.49. The maximum absolute atomic E-state index is 13.1. The van der Waals surface area contributed by atoms with Gasteiger partial charge in [-0.15, -0.1) is 0 Å². The monoisotopic (exact) mass is 337 g/mol. The van der Waals surface area contributed by atoms with Crippen LogP contribution in [0.4, 0.5) is 4.39 Å². The van der Waals surface area contributed by atoms with Crippen molar-refractivity contribution in [1.29, 1.82) is 0 Å². The lowest BCUT2D eigenvalue weighted by Gasteiger charge is -2.41. The highest BCUT2D eigenvalue weighted by atomic mass is 32.2. The Morgan fingerprint density at radius 2 is 2.00 bits per heavy atom. The number of nitrogens with zero attached hydrogens (tertiary/aromatic N) is 1. The van der Waals surface area contributed by atoms with E-state index in [0.717, 1.165) is 43.7 Å². The molecule has 2 saturated heterocycles. The van der Waals surface area contributed by atoms with Crippen molar-refractivity contribution in [3.05, 3.63) is 35.6 Å². The molecule has 1 unspecified atom stereocenters. The molecule has 2 fully saturated rings. The number of hydrogen-bond acceptors (Lipinski definition) is 4. The minimum atomic E-state index is -0.250. The van der Waals surface area contributed by atoms with Gasteiger partial charge in [0.15, 0.2) is 0 Å². The molecule has 0 aromatic heterocycles. The summed E-state index contributed by atoms with van der Waals surface area (Å²) in [4.78, 5) is 14.9. The lowest BCUT2D eigenvalue weighted by molar-refractivity contribution is -0.133. The first-order valence-corrected chi connectivity index (χ1v) is 9.57. The third-order valence-corrected chi connectivity index (χ3v) is 5.46. The van der Waals surface area contributed by atoms with E-state index in [-0.39, 0.29) is 23.4 Å². The average molecular weight is 337 g/mol. The Morgan fingerprint density at radius 3 is 2.65 bits per heavy atom. The summed E-state index contributed by atoms with van der Waals surface area (Å²) in [7, 11) is 0. The van der Waals surface area contributed by atoms with Crippen molar-refractivity contribution in [2.45, 2.75) is 37.5 Å². The Balaban J connectivity index is 1.80. The number of carbonyl (C=O) groups excluding carboxylic acids is 1. The van der Waals surface area contributed by atoms with E-state index in [1.54, 1.807) is 23.9 Å². The molecule has 6 heteroatoms. The van der Waals surface area contributed by atoms with Crippen LogP contribution in [0, 0.1) is 5.82 Å². The van der Waals surface area contributed by atoms with Crippen molar-refractivity contribution >= 4 is 17.7 Å². The van der Waals surface area contributed by atoms with Crippen LogP contribution in [0.25, 0.3) is 0 Å². The standard InChI is InChI=1S/C17H24FN3OS/c1-23-11-6-15-16(22)21(12-13-2-4-14(18)5-3-13)17(20-15)7-9-19-10-8-17/h2-5,15,19-20H,6-12H2,1H3. The number of halogens is 1. The topological polar surface area (TPSA) is 44.4 Å². The third-order valence-electron chi connectivity index (χ3n) is 4.82. The van der Waals surface area contributed by atoms with Crippen molar-refractivity contribution in [2.24, 2.45) is 0 Å². The van der Waals surface area contributed by atoms with Gasteiger partial charge in [-0.3, -0.25) is 10.1 Å². The molecule has 1 aromatic carbocycles. The normalized spacial score (nSPS) is 23.7. The quantitative estimate of drug-likeness (QED) is 0.862. The van der Waals surface area contributed by atoms with E-state index in [1.165, 1.54) is 12.1 Å². The first-order valence-electron chi connectivity index (χ1n) is 8.18. The molecule has 0 saturated carbocycles. The van der Waals surface area contributed by atoms with Crippen LogP contribution in [-0.4, -0.2) is 47.6 Å². The molecule has 3 rings (SSSR count). The number of benzene rings is 1. The zero-order chi connectivity index (χ0) is 16.3. The molecule has 1 amide bonds. The SMILES string of the molecule is CSCCC1NC2(CCNCC2)N(Cc2ccc(F)cc2)C1=O. The molecule has 2 heterocycles. The molecule has 1 spiro atoms. The molecule has 0 aliphatic carbocycles. The summed E-state index contributed by atoms with van der Waals surface area (Å²) in [5, 5.41) is 6.99. The number of amides is 1. The molecule has 2 N–H and O–H groups in total. The average Bonchev–Trinajstić information content (AvgIpc) is 2.81. The van der Waals surface area contributed by atoms with Gasteiger partial charge in [-0.2, -0.15) is 11.8 Å². The van der Waals surface area contributed by atoms with E-state index in [4.69, 9.17) is 0 Å². The second kappa shape index (κ2) is 7.20. The van der Waals surface area contributed by atoms with Crippen LogP contribution in [-0.2, 0) is 11.3 Å². The number of rotatable bonds is 5. The summed E-state index contributed by atoms with van der Waals surface area (Å²) in [6.45, 7) is 2.37. The van der Waals surface area contributed by atoms with Gasteiger partial charge < -0.3 is 10.2 Å². The zero-order valence-electron chi connectivity index (χ0n) is 13.5. The summed E-state index contributed by atoms with van der Waals surface area (Å²) in [6.07, 6.45) is 4.75. The molecule has 4 nitrogen and oxygen atoms in total. The molecule has 126 valence electrons. The van der Waals surface area contributed by atoms with E-state index < -0.39 is 0 Å². The largest absolute Gasteiger partial charge is 0.319 e. The van der Waals surface area contributed by atoms with Crippen molar-refractivity contribution in [2.75, 3.05) is 25.1 Å². The minimum absolute atomic E-state index is 0.0963. The lowest BCUT2D eigenvalue weighted by atomic mass is 9.96. The van der Waals surface area contributed by atoms with Gasteiger partial charge in [0.1, 0.15) is 5.82 Å². The van der Waals surface area contributed by atoms with Gasteiger partial charge in [-0.25, -0.2) is 4.39 Å². The molecular weight excluding hydrogens is 313 g/mol. The summed E-state index contributed by atoms with van der Waals surface area (Å²) < 4.78 is 13.1. The molecule has 0 radical (unpaired) electrons. The van der Waals surface area contributed by atoms with Crippen LogP contribution in [0.15, 0.2) is 24.3 Å². The molecule has 23 heavy (non-hydrogen) atoms. The Morgan fingerprint density at radius 1 is 1.30 bits per heavy atom. The first kappa shape index (κ1) is 16.7. The van der Waals surface area contributed by atoms with Crippen LogP contribution in [0.2, 0.25) is 0 Å². The van der Waals surface area contributed by atoms with Gasteiger partial charge in [0, 0.05) is 6.54 Å². The van der Waals surface area contributed by atoms with Crippen LogP contribution in [0.1, 0.15) is 24.8 Å². The van der Waals surface area contributed by atoms with Crippen molar-refractivity contribution in [3.8, 4) is 0 Å². The van der Waals surface area contributed by atoms with Crippen LogP contribution >= 0.6 is 11.8 Å². The second-order valence-electron chi connectivity index (χ2n) is 6.31. The fourth-order valence-corrected chi connectivity index (χ4v) is 4.02.